The highest BCUT2D eigenvalue weighted by Crippen LogP contribution is 2.39. The van der Waals surface area contributed by atoms with Gasteiger partial charge in [-0.15, -0.1) is 11.3 Å². The van der Waals surface area contributed by atoms with Crippen molar-refractivity contribution in [2.45, 2.75) is 45.6 Å². The minimum absolute atomic E-state index is 0.330. The van der Waals surface area contributed by atoms with Gasteiger partial charge in [-0.3, -0.25) is 9.10 Å². The van der Waals surface area contributed by atoms with Crippen LogP contribution in [-0.4, -0.2) is 39.7 Å². The number of anilines is 2. The number of halogens is 1. The van der Waals surface area contributed by atoms with E-state index in [9.17, 15) is 18.0 Å². The molecule has 1 aromatic carbocycles. The van der Waals surface area contributed by atoms with Crippen LogP contribution in [0, 0.1) is 6.92 Å². The fourth-order valence-electron chi connectivity index (χ4n) is 3.79. The Morgan fingerprint density at radius 3 is 2.58 bits per heavy atom. The highest BCUT2D eigenvalue weighted by atomic mass is 35.5. The molecule has 1 aliphatic rings. The van der Waals surface area contributed by atoms with Crippen molar-refractivity contribution in [1.82, 2.24) is 0 Å². The maximum atomic E-state index is 13.2. The monoisotopic (exact) mass is 484 g/mol. The van der Waals surface area contributed by atoms with Gasteiger partial charge >= 0.3 is 5.97 Å². The first kappa shape index (κ1) is 23.6. The number of rotatable bonds is 6. The number of ether oxygens (including phenoxy) is 1. The van der Waals surface area contributed by atoms with E-state index in [4.69, 9.17) is 16.3 Å². The zero-order chi connectivity index (χ0) is 22.9. The molecule has 1 amide bonds. The van der Waals surface area contributed by atoms with Crippen molar-refractivity contribution in [3.63, 3.8) is 0 Å². The molecule has 0 bridgehead atoms. The lowest BCUT2D eigenvalue weighted by molar-refractivity contribution is -0.116. The number of nitrogens with one attached hydrogen (secondary N) is 1. The van der Waals surface area contributed by atoms with E-state index in [-0.39, 0.29) is 0 Å². The van der Waals surface area contributed by atoms with Crippen molar-refractivity contribution in [3.8, 4) is 0 Å². The SMILES string of the molecule is COC(=O)c1c(NC(=O)[C@@H](C)N(c2cc(Cl)ccc2C)S(C)(=O)=O)sc2c1CCCC2. The molecule has 7 nitrogen and oxygen atoms in total. The third-order valence-corrected chi connectivity index (χ3v) is 7.96. The fraction of sp³-hybridized carbons (Fsp3) is 0.429. The summed E-state index contributed by atoms with van der Waals surface area (Å²) < 4.78 is 31.2. The molecule has 1 heterocycles. The lowest BCUT2D eigenvalue weighted by Gasteiger charge is -2.29. The summed E-state index contributed by atoms with van der Waals surface area (Å²) in [7, 11) is -2.50. The van der Waals surface area contributed by atoms with Crippen molar-refractivity contribution in [2.24, 2.45) is 0 Å². The van der Waals surface area contributed by atoms with Crippen molar-refractivity contribution >= 4 is 55.5 Å². The van der Waals surface area contributed by atoms with Crippen LogP contribution in [0.4, 0.5) is 10.7 Å². The van der Waals surface area contributed by atoms with E-state index in [1.165, 1.54) is 31.4 Å². The van der Waals surface area contributed by atoms with Crippen LogP contribution < -0.4 is 9.62 Å². The number of aryl methyl sites for hydroxylation is 2. The van der Waals surface area contributed by atoms with Crippen LogP contribution in [-0.2, 0) is 32.4 Å². The first-order valence-corrected chi connectivity index (χ1v) is 12.9. The first-order chi connectivity index (χ1) is 14.5. The summed E-state index contributed by atoms with van der Waals surface area (Å²) in [6.07, 6.45) is 4.62. The molecule has 3 rings (SSSR count). The standard InChI is InChI=1S/C21H25ClN2O5S2/c1-12-9-10-14(22)11-16(12)24(31(4,27)28)13(2)19(25)23-20-18(21(26)29-3)15-7-5-6-8-17(15)30-20/h9-11,13H,5-8H2,1-4H3,(H,23,25)/t13-/m1/s1. The number of sulfonamides is 1. The van der Waals surface area contributed by atoms with Crippen LogP contribution in [0.1, 0.15) is 46.1 Å². The molecular weight excluding hydrogens is 460 g/mol. The highest BCUT2D eigenvalue weighted by molar-refractivity contribution is 7.92. The Kier molecular flexibility index (Phi) is 6.98. The Hall–Kier alpha value is -2.10. The van der Waals surface area contributed by atoms with Gasteiger partial charge in [-0.1, -0.05) is 17.7 Å². The number of esters is 1. The van der Waals surface area contributed by atoms with Gasteiger partial charge in [-0.25, -0.2) is 13.2 Å². The molecule has 0 radical (unpaired) electrons. The number of benzene rings is 1. The summed E-state index contributed by atoms with van der Waals surface area (Å²) in [4.78, 5) is 26.6. The predicted molar refractivity (Wildman–Crippen MR) is 124 cm³/mol. The summed E-state index contributed by atoms with van der Waals surface area (Å²) in [6.45, 7) is 3.25. The predicted octanol–water partition coefficient (Wildman–Crippen LogP) is 4.17. The number of nitrogens with zero attached hydrogens (tertiary/aromatic N) is 1. The normalized spacial score (nSPS) is 14.5. The second kappa shape index (κ2) is 9.18. The smallest absolute Gasteiger partial charge is 0.341 e. The molecule has 168 valence electrons. The van der Waals surface area contributed by atoms with Gasteiger partial charge in [0.25, 0.3) is 0 Å². The van der Waals surface area contributed by atoms with Crippen molar-refractivity contribution < 1.29 is 22.7 Å². The van der Waals surface area contributed by atoms with Crippen LogP contribution >= 0.6 is 22.9 Å². The lowest BCUT2D eigenvalue weighted by Crippen LogP contribution is -2.45. The molecule has 10 heteroatoms. The van der Waals surface area contributed by atoms with Crippen molar-refractivity contribution in [1.29, 1.82) is 0 Å². The number of methoxy groups -OCH3 is 1. The van der Waals surface area contributed by atoms with Crippen LogP contribution in [0.2, 0.25) is 5.02 Å². The Morgan fingerprint density at radius 1 is 1.26 bits per heavy atom. The minimum Gasteiger partial charge on any atom is -0.465 e. The van der Waals surface area contributed by atoms with E-state index in [0.29, 0.717) is 26.8 Å². The van der Waals surface area contributed by atoms with Crippen LogP contribution in [0.25, 0.3) is 0 Å². The van der Waals surface area contributed by atoms with E-state index in [2.05, 4.69) is 5.32 Å². The zero-order valence-corrected chi connectivity index (χ0v) is 20.2. The number of fused-ring (bicyclic) bond motifs is 1. The molecule has 0 saturated carbocycles. The number of hydrogen-bond donors (Lipinski definition) is 1. The maximum Gasteiger partial charge on any atom is 0.341 e. The average molecular weight is 485 g/mol. The van der Waals surface area contributed by atoms with Gasteiger partial charge in [0, 0.05) is 9.90 Å². The van der Waals surface area contributed by atoms with Gasteiger partial charge in [0.2, 0.25) is 15.9 Å². The van der Waals surface area contributed by atoms with Crippen molar-refractivity contribution in [2.75, 3.05) is 23.0 Å². The van der Waals surface area contributed by atoms with Gasteiger partial charge in [0.1, 0.15) is 11.0 Å². The summed E-state index contributed by atoms with van der Waals surface area (Å²) in [5, 5.41) is 3.54. The maximum absolute atomic E-state index is 13.2. The Bertz CT molecular complexity index is 1130. The van der Waals surface area contributed by atoms with Gasteiger partial charge in [-0.2, -0.15) is 0 Å². The molecule has 1 atom stereocenters. The van der Waals surface area contributed by atoms with Crippen LogP contribution in [0.5, 0.6) is 0 Å². The topological polar surface area (TPSA) is 92.8 Å². The number of carbonyl (C=O) groups excluding carboxylic acids is 2. The summed E-state index contributed by atoms with van der Waals surface area (Å²) in [6, 6.07) is 3.80. The zero-order valence-electron chi connectivity index (χ0n) is 17.8. The number of thiophene rings is 1. The molecule has 0 aliphatic heterocycles. The molecule has 0 unspecified atom stereocenters. The fourth-order valence-corrected chi connectivity index (χ4v) is 6.46. The van der Waals surface area contributed by atoms with E-state index < -0.39 is 27.9 Å². The summed E-state index contributed by atoms with van der Waals surface area (Å²) in [5.74, 6) is -1.05. The second-order valence-corrected chi connectivity index (χ2v) is 11.0. The Balaban J connectivity index is 1.98. The highest BCUT2D eigenvalue weighted by Gasteiger charge is 2.33. The van der Waals surface area contributed by atoms with Crippen molar-refractivity contribution in [3.05, 3.63) is 44.8 Å². The van der Waals surface area contributed by atoms with E-state index in [0.717, 1.165) is 46.7 Å². The van der Waals surface area contributed by atoms with Crippen LogP contribution in [0.15, 0.2) is 18.2 Å². The van der Waals surface area contributed by atoms with Gasteiger partial charge in [-0.05, 0) is 62.8 Å². The van der Waals surface area contributed by atoms with Crippen LogP contribution in [0.3, 0.4) is 0 Å². The average Bonchev–Trinajstić information content (AvgIpc) is 3.06. The third-order valence-electron chi connectivity index (χ3n) is 5.29. The van der Waals surface area contributed by atoms with Gasteiger partial charge < -0.3 is 10.1 Å². The Labute approximate surface area is 191 Å². The molecular formula is C21H25ClN2O5S2. The summed E-state index contributed by atoms with van der Waals surface area (Å²) in [5.41, 5.74) is 2.27. The molecule has 0 spiro atoms. The van der Waals surface area contributed by atoms with Gasteiger partial charge in [0.15, 0.2) is 0 Å². The number of hydrogen-bond acceptors (Lipinski definition) is 6. The van der Waals surface area contributed by atoms with E-state index >= 15 is 0 Å². The molecule has 2 aromatic rings. The summed E-state index contributed by atoms with van der Waals surface area (Å²) >= 11 is 7.43. The van der Waals surface area contributed by atoms with Gasteiger partial charge in [0.05, 0.1) is 24.6 Å². The largest absolute Gasteiger partial charge is 0.465 e. The molecule has 31 heavy (non-hydrogen) atoms. The molecule has 1 aromatic heterocycles. The third kappa shape index (κ3) is 4.88. The lowest BCUT2D eigenvalue weighted by atomic mass is 9.95. The minimum atomic E-state index is -3.80. The molecule has 0 saturated heterocycles. The Morgan fingerprint density at radius 2 is 1.94 bits per heavy atom. The molecule has 0 fully saturated rings. The van der Waals surface area contributed by atoms with E-state index in [1.807, 2.05) is 0 Å². The second-order valence-electron chi connectivity index (χ2n) is 7.56. The van der Waals surface area contributed by atoms with E-state index in [1.54, 1.807) is 19.1 Å². The quantitative estimate of drug-likeness (QED) is 0.621. The molecule has 1 N–H and O–H groups in total. The molecule has 1 aliphatic carbocycles. The first-order valence-electron chi connectivity index (χ1n) is 9.83. The number of carbonyl (C=O) groups is 2. The number of amides is 1.